The maximum absolute atomic E-state index is 13.6. The Kier molecular flexibility index (Phi) is 11.3. The van der Waals surface area contributed by atoms with Gasteiger partial charge in [-0.15, -0.1) is 0 Å². The van der Waals surface area contributed by atoms with Crippen molar-refractivity contribution >= 4 is 18.0 Å². The number of carbonyl (C=O) groups excluding carboxylic acids is 3. The summed E-state index contributed by atoms with van der Waals surface area (Å²) in [5.41, 5.74) is 2.84. The molecule has 2 amide bonds. The van der Waals surface area contributed by atoms with E-state index in [9.17, 15) is 14.4 Å². The van der Waals surface area contributed by atoms with Crippen molar-refractivity contribution in [3.8, 4) is 28.4 Å². The summed E-state index contributed by atoms with van der Waals surface area (Å²) < 4.78 is 23.2. The van der Waals surface area contributed by atoms with Crippen LogP contribution in [0.4, 0.5) is 4.79 Å². The van der Waals surface area contributed by atoms with Crippen molar-refractivity contribution in [2.24, 2.45) is 0 Å². The van der Waals surface area contributed by atoms with Crippen molar-refractivity contribution in [3.63, 3.8) is 0 Å². The number of esters is 1. The van der Waals surface area contributed by atoms with E-state index in [-0.39, 0.29) is 18.2 Å². The van der Waals surface area contributed by atoms with Gasteiger partial charge in [0, 0.05) is 27.2 Å². The summed E-state index contributed by atoms with van der Waals surface area (Å²) in [7, 11) is 7.87. The number of likely N-dealkylation sites (N-methyl/N-ethyl adjacent to an activating group) is 1. The third kappa shape index (κ3) is 7.92. The lowest BCUT2D eigenvalue weighted by Crippen LogP contribution is -2.42. The van der Waals surface area contributed by atoms with Crippen LogP contribution in [0, 0.1) is 0 Å². The summed E-state index contributed by atoms with van der Waals surface area (Å²) >= 11 is 0. The van der Waals surface area contributed by atoms with Crippen LogP contribution >= 0.6 is 0 Å². The van der Waals surface area contributed by atoms with Crippen molar-refractivity contribution in [3.05, 3.63) is 95.7 Å². The number of carbonyl (C=O) groups is 3. The summed E-state index contributed by atoms with van der Waals surface area (Å²) in [6, 6.07) is 24.0. The van der Waals surface area contributed by atoms with Crippen LogP contribution in [0.15, 0.2) is 78.9 Å². The zero-order chi connectivity index (χ0) is 34.1. The van der Waals surface area contributed by atoms with E-state index in [0.717, 1.165) is 11.1 Å². The number of rotatable bonds is 13. The van der Waals surface area contributed by atoms with Gasteiger partial charge in [-0.3, -0.25) is 4.79 Å². The lowest BCUT2D eigenvalue weighted by Gasteiger charge is -2.30. The second-order valence-electron chi connectivity index (χ2n) is 11.6. The van der Waals surface area contributed by atoms with Gasteiger partial charge in [0.05, 0.1) is 43.7 Å². The first-order valence-corrected chi connectivity index (χ1v) is 15.2. The Labute approximate surface area is 275 Å². The molecule has 0 saturated carbocycles. The van der Waals surface area contributed by atoms with Gasteiger partial charge in [-0.25, -0.2) is 14.3 Å². The van der Waals surface area contributed by atoms with Gasteiger partial charge >= 0.3 is 12.1 Å². The van der Waals surface area contributed by atoms with Crippen LogP contribution in [-0.4, -0.2) is 86.1 Å². The minimum atomic E-state index is -0.843. The summed E-state index contributed by atoms with van der Waals surface area (Å²) in [4.78, 5) is 41.7. The normalized spacial score (nSPS) is 11.0. The van der Waals surface area contributed by atoms with Gasteiger partial charge in [-0.2, -0.15) is 5.10 Å². The molecule has 1 heterocycles. The smallest absolute Gasteiger partial charge is 0.409 e. The minimum Gasteiger partial charge on any atom is -0.496 e. The van der Waals surface area contributed by atoms with Crippen molar-refractivity contribution in [2.45, 2.75) is 32.3 Å². The van der Waals surface area contributed by atoms with E-state index in [1.165, 1.54) is 12.0 Å². The molecule has 11 heteroatoms. The molecule has 1 aromatic heterocycles. The average Bonchev–Trinajstić information content (AvgIpc) is 3.54. The van der Waals surface area contributed by atoms with Crippen LogP contribution in [0.25, 0.3) is 16.9 Å². The van der Waals surface area contributed by atoms with Crippen LogP contribution in [0.1, 0.15) is 41.9 Å². The fourth-order valence-electron chi connectivity index (χ4n) is 5.25. The Balaban J connectivity index is 1.46. The third-order valence-corrected chi connectivity index (χ3v) is 8.01. The monoisotopic (exact) mass is 642 g/mol. The van der Waals surface area contributed by atoms with E-state index in [4.69, 9.17) is 18.9 Å². The molecule has 0 aliphatic heterocycles. The highest BCUT2D eigenvalue weighted by Crippen LogP contribution is 2.40. The number of ether oxygens (including phenoxy) is 4. The molecule has 4 rings (SSSR count). The van der Waals surface area contributed by atoms with Gasteiger partial charge in [0.1, 0.15) is 18.1 Å². The maximum Gasteiger partial charge on any atom is 0.409 e. The lowest BCUT2D eigenvalue weighted by atomic mass is 9.83. The molecule has 0 bridgehead atoms. The second-order valence-corrected chi connectivity index (χ2v) is 11.6. The van der Waals surface area contributed by atoms with Crippen molar-refractivity contribution in [2.75, 3.05) is 48.5 Å². The summed E-state index contributed by atoms with van der Waals surface area (Å²) in [6.45, 7) is 4.87. The largest absolute Gasteiger partial charge is 0.496 e. The Bertz CT molecular complexity index is 1660. The molecular weight excluding hydrogens is 600 g/mol. The number of amides is 2. The van der Waals surface area contributed by atoms with Gasteiger partial charge in [-0.05, 0) is 61.7 Å². The van der Waals surface area contributed by atoms with Crippen LogP contribution < -0.4 is 9.47 Å². The van der Waals surface area contributed by atoms with Crippen LogP contribution in [-0.2, 0) is 26.3 Å². The molecule has 0 atom stereocenters. The summed E-state index contributed by atoms with van der Waals surface area (Å²) in [6.07, 6.45) is 0.178. The molecule has 0 aliphatic rings. The highest BCUT2D eigenvalue weighted by Gasteiger charge is 2.32. The number of hydrogen-bond acceptors (Lipinski definition) is 8. The van der Waals surface area contributed by atoms with Gasteiger partial charge in [0.25, 0.3) is 0 Å². The SMILES string of the molecule is COC(=O)c1cc(-c2c(OC)cccc2OC)n(-c2ccc(C(C)(C)C(=O)N(C)CCCN(C)C(=O)OCc3ccccc3)cc2)n1. The average molecular weight is 643 g/mol. The molecule has 0 aliphatic carbocycles. The molecule has 0 unspecified atom stereocenters. The number of nitrogens with zero attached hydrogens (tertiary/aromatic N) is 4. The molecule has 11 nitrogen and oxygen atoms in total. The molecule has 0 fully saturated rings. The topological polar surface area (TPSA) is 112 Å². The molecule has 0 radical (unpaired) electrons. The third-order valence-electron chi connectivity index (χ3n) is 8.01. The molecule has 248 valence electrons. The zero-order valence-corrected chi connectivity index (χ0v) is 28.0. The molecule has 3 aromatic carbocycles. The van der Waals surface area contributed by atoms with Crippen molar-refractivity contribution in [1.82, 2.24) is 19.6 Å². The Morgan fingerprint density at radius 1 is 0.809 bits per heavy atom. The molecule has 0 N–H and O–H groups in total. The van der Waals surface area contributed by atoms with Crippen LogP contribution in [0.5, 0.6) is 11.5 Å². The molecule has 4 aromatic rings. The lowest BCUT2D eigenvalue weighted by molar-refractivity contribution is -0.135. The predicted octanol–water partition coefficient (Wildman–Crippen LogP) is 5.74. The minimum absolute atomic E-state index is 0.0638. The van der Waals surface area contributed by atoms with Crippen LogP contribution in [0.3, 0.4) is 0 Å². The van der Waals surface area contributed by atoms with E-state index in [1.807, 2.05) is 74.5 Å². The van der Waals surface area contributed by atoms with E-state index >= 15 is 0 Å². The van der Waals surface area contributed by atoms with Gasteiger partial charge < -0.3 is 28.7 Å². The van der Waals surface area contributed by atoms with Gasteiger partial charge in [-0.1, -0.05) is 48.5 Å². The molecule has 0 saturated heterocycles. The first-order chi connectivity index (χ1) is 22.5. The number of aromatic nitrogens is 2. The maximum atomic E-state index is 13.6. The molecule has 47 heavy (non-hydrogen) atoms. The first kappa shape index (κ1) is 34.6. The molecular formula is C36H42N4O7. The van der Waals surface area contributed by atoms with E-state index in [0.29, 0.717) is 48.0 Å². The highest BCUT2D eigenvalue weighted by molar-refractivity contribution is 5.90. The van der Waals surface area contributed by atoms with Gasteiger partial charge in [0.2, 0.25) is 5.91 Å². The number of benzene rings is 3. The fraction of sp³-hybridized carbons (Fsp3) is 0.333. The van der Waals surface area contributed by atoms with Crippen molar-refractivity contribution in [1.29, 1.82) is 0 Å². The van der Waals surface area contributed by atoms with E-state index in [2.05, 4.69) is 5.10 Å². The zero-order valence-electron chi connectivity index (χ0n) is 28.0. The highest BCUT2D eigenvalue weighted by atomic mass is 16.6. The van der Waals surface area contributed by atoms with Crippen molar-refractivity contribution < 1.29 is 33.3 Å². The summed E-state index contributed by atoms with van der Waals surface area (Å²) in [5, 5.41) is 4.54. The Morgan fingerprint density at radius 2 is 1.43 bits per heavy atom. The second kappa shape index (κ2) is 15.3. The number of methoxy groups -OCH3 is 3. The van der Waals surface area contributed by atoms with Crippen LogP contribution in [0.2, 0.25) is 0 Å². The molecule has 0 spiro atoms. The fourth-order valence-corrected chi connectivity index (χ4v) is 5.25. The number of hydrogen-bond donors (Lipinski definition) is 0. The predicted molar refractivity (Wildman–Crippen MR) is 178 cm³/mol. The van der Waals surface area contributed by atoms with E-state index < -0.39 is 17.5 Å². The quantitative estimate of drug-likeness (QED) is 0.170. The standard InChI is InChI=1S/C36H42N4O7/c1-36(2,34(42)38(3)21-12-22-39(4)35(43)47-24-25-13-9-8-10-14-25)26-17-19-27(20-18-26)40-29(23-28(37-40)33(41)46-7)32-30(44-5)15-11-16-31(32)45-6/h8-11,13-20,23H,12,21-22,24H2,1-7H3. The van der Waals surface area contributed by atoms with E-state index in [1.54, 1.807) is 56.1 Å². The Morgan fingerprint density at radius 3 is 2.02 bits per heavy atom. The van der Waals surface area contributed by atoms with Gasteiger partial charge in [0.15, 0.2) is 5.69 Å². The summed E-state index contributed by atoms with van der Waals surface area (Å²) in [5.74, 6) is 0.443. The first-order valence-electron chi connectivity index (χ1n) is 15.2. The Hall–Kier alpha value is -5.32.